The molecule has 1 aliphatic heterocycles. The maximum atomic E-state index is 5.65. The van der Waals surface area contributed by atoms with Gasteiger partial charge in [0.15, 0.2) is 11.5 Å². The monoisotopic (exact) mass is 288 g/mol. The van der Waals surface area contributed by atoms with E-state index in [4.69, 9.17) is 9.47 Å². The molecule has 1 aromatic heterocycles. The number of aromatic nitrogens is 3. The Morgan fingerprint density at radius 1 is 1.24 bits per heavy atom. The Kier molecular flexibility index (Phi) is 3.79. The van der Waals surface area contributed by atoms with Gasteiger partial charge in [0, 0.05) is 0 Å². The van der Waals surface area contributed by atoms with Crippen LogP contribution in [0.25, 0.3) is 0 Å². The van der Waals surface area contributed by atoms with Crippen molar-refractivity contribution in [2.75, 3.05) is 20.3 Å². The highest BCUT2D eigenvalue weighted by molar-refractivity contribution is 5.44. The SMILES string of the molecule is CNC(Cn1nc(C)nc1C)c1ccc2c(c1)OCCO2. The topological polar surface area (TPSA) is 61.2 Å². The summed E-state index contributed by atoms with van der Waals surface area (Å²) in [5, 5.41) is 7.75. The number of hydrogen-bond donors (Lipinski definition) is 1. The van der Waals surface area contributed by atoms with Crippen molar-refractivity contribution in [2.24, 2.45) is 0 Å². The van der Waals surface area contributed by atoms with Gasteiger partial charge in [-0.15, -0.1) is 0 Å². The number of benzene rings is 1. The minimum Gasteiger partial charge on any atom is -0.486 e. The van der Waals surface area contributed by atoms with Crippen molar-refractivity contribution in [3.05, 3.63) is 35.4 Å². The van der Waals surface area contributed by atoms with Gasteiger partial charge in [0.05, 0.1) is 12.6 Å². The summed E-state index contributed by atoms with van der Waals surface area (Å²) in [5.41, 5.74) is 1.15. The van der Waals surface area contributed by atoms with Gasteiger partial charge in [-0.05, 0) is 38.6 Å². The van der Waals surface area contributed by atoms with Gasteiger partial charge in [-0.3, -0.25) is 0 Å². The second-order valence-corrected chi connectivity index (χ2v) is 5.13. The van der Waals surface area contributed by atoms with Gasteiger partial charge in [0.1, 0.15) is 24.9 Å². The molecule has 1 aliphatic rings. The van der Waals surface area contributed by atoms with Crippen LogP contribution in [0.1, 0.15) is 23.3 Å². The highest BCUT2D eigenvalue weighted by Crippen LogP contribution is 2.32. The maximum absolute atomic E-state index is 5.65. The standard InChI is InChI=1S/C15H20N4O2/c1-10-17-11(2)19(18-10)9-13(16-3)12-4-5-14-15(8-12)21-7-6-20-14/h4-5,8,13,16H,6-7,9H2,1-3H3. The van der Waals surface area contributed by atoms with E-state index in [1.54, 1.807) is 0 Å². The minimum atomic E-state index is 0.139. The number of ether oxygens (including phenoxy) is 2. The minimum absolute atomic E-state index is 0.139. The second kappa shape index (κ2) is 5.73. The predicted octanol–water partition coefficient (Wildman–Crippen LogP) is 1.63. The molecule has 2 heterocycles. The lowest BCUT2D eigenvalue weighted by molar-refractivity contribution is 0.171. The summed E-state index contributed by atoms with van der Waals surface area (Å²) in [4.78, 5) is 4.34. The summed E-state index contributed by atoms with van der Waals surface area (Å²) >= 11 is 0. The van der Waals surface area contributed by atoms with E-state index in [1.807, 2.05) is 37.7 Å². The Balaban J connectivity index is 1.84. The molecular formula is C15H20N4O2. The zero-order valence-corrected chi connectivity index (χ0v) is 12.6. The Morgan fingerprint density at radius 2 is 2.00 bits per heavy atom. The maximum Gasteiger partial charge on any atom is 0.161 e. The van der Waals surface area contributed by atoms with E-state index < -0.39 is 0 Å². The van der Waals surface area contributed by atoms with Crippen LogP contribution in [0.15, 0.2) is 18.2 Å². The molecular weight excluding hydrogens is 268 g/mol. The van der Waals surface area contributed by atoms with Crippen molar-refractivity contribution in [1.29, 1.82) is 0 Å². The quantitative estimate of drug-likeness (QED) is 0.926. The largest absolute Gasteiger partial charge is 0.486 e. The van der Waals surface area contributed by atoms with Crippen molar-refractivity contribution < 1.29 is 9.47 Å². The number of hydrogen-bond acceptors (Lipinski definition) is 5. The summed E-state index contributed by atoms with van der Waals surface area (Å²) < 4.78 is 13.1. The molecule has 0 bridgehead atoms. The molecule has 1 unspecified atom stereocenters. The fraction of sp³-hybridized carbons (Fsp3) is 0.467. The molecule has 6 heteroatoms. The van der Waals surface area contributed by atoms with Gasteiger partial charge in [0.25, 0.3) is 0 Å². The third-order valence-electron chi connectivity index (χ3n) is 3.64. The van der Waals surface area contributed by atoms with Crippen LogP contribution in [-0.2, 0) is 6.54 Å². The molecule has 112 valence electrons. The molecule has 21 heavy (non-hydrogen) atoms. The zero-order chi connectivity index (χ0) is 14.8. The summed E-state index contributed by atoms with van der Waals surface area (Å²) in [5.74, 6) is 3.34. The highest BCUT2D eigenvalue weighted by atomic mass is 16.6. The van der Waals surface area contributed by atoms with Gasteiger partial charge < -0.3 is 14.8 Å². The Morgan fingerprint density at radius 3 is 2.67 bits per heavy atom. The van der Waals surface area contributed by atoms with Crippen molar-refractivity contribution >= 4 is 0 Å². The summed E-state index contributed by atoms with van der Waals surface area (Å²) in [6, 6.07) is 6.21. The van der Waals surface area contributed by atoms with Crippen molar-refractivity contribution in [1.82, 2.24) is 20.1 Å². The molecule has 0 radical (unpaired) electrons. The van der Waals surface area contributed by atoms with E-state index in [0.717, 1.165) is 35.3 Å². The molecule has 3 rings (SSSR count). The molecule has 0 saturated heterocycles. The number of nitrogens with one attached hydrogen (secondary N) is 1. The number of likely N-dealkylation sites (N-methyl/N-ethyl adjacent to an activating group) is 1. The van der Waals surface area contributed by atoms with Crippen LogP contribution in [0, 0.1) is 13.8 Å². The van der Waals surface area contributed by atoms with E-state index in [2.05, 4.69) is 21.5 Å². The number of aryl methyl sites for hydroxylation is 2. The fourth-order valence-corrected chi connectivity index (χ4v) is 2.55. The van der Waals surface area contributed by atoms with Crippen LogP contribution in [0.2, 0.25) is 0 Å². The molecule has 0 fully saturated rings. The van der Waals surface area contributed by atoms with Crippen molar-refractivity contribution in [2.45, 2.75) is 26.4 Å². The normalized spacial score (nSPS) is 15.0. The third kappa shape index (κ3) is 2.85. The molecule has 0 spiro atoms. The molecule has 1 aromatic carbocycles. The van der Waals surface area contributed by atoms with Crippen LogP contribution in [0.4, 0.5) is 0 Å². The third-order valence-corrected chi connectivity index (χ3v) is 3.64. The molecule has 6 nitrogen and oxygen atoms in total. The molecule has 1 N–H and O–H groups in total. The summed E-state index contributed by atoms with van der Waals surface area (Å²) in [7, 11) is 1.95. The first-order valence-electron chi connectivity index (χ1n) is 7.12. The first-order valence-corrected chi connectivity index (χ1v) is 7.12. The molecule has 0 saturated carbocycles. The fourth-order valence-electron chi connectivity index (χ4n) is 2.55. The summed E-state index contributed by atoms with van der Waals surface area (Å²) in [6.07, 6.45) is 0. The van der Waals surface area contributed by atoms with E-state index in [0.29, 0.717) is 13.2 Å². The van der Waals surface area contributed by atoms with Crippen LogP contribution < -0.4 is 14.8 Å². The smallest absolute Gasteiger partial charge is 0.161 e. The number of rotatable bonds is 4. The Hall–Kier alpha value is -2.08. The number of nitrogens with zero attached hydrogens (tertiary/aromatic N) is 3. The first kappa shape index (κ1) is 13.9. The van der Waals surface area contributed by atoms with Crippen LogP contribution in [0.3, 0.4) is 0 Å². The van der Waals surface area contributed by atoms with E-state index >= 15 is 0 Å². The second-order valence-electron chi connectivity index (χ2n) is 5.13. The van der Waals surface area contributed by atoms with Gasteiger partial charge in [0.2, 0.25) is 0 Å². The molecule has 0 aliphatic carbocycles. The Bertz CT molecular complexity index is 639. The summed E-state index contributed by atoms with van der Waals surface area (Å²) in [6.45, 7) is 5.81. The van der Waals surface area contributed by atoms with Crippen LogP contribution in [-0.4, -0.2) is 35.0 Å². The van der Waals surface area contributed by atoms with Gasteiger partial charge in [-0.25, -0.2) is 9.67 Å². The average Bonchev–Trinajstić information content (AvgIpc) is 2.82. The zero-order valence-electron chi connectivity index (χ0n) is 12.6. The van der Waals surface area contributed by atoms with Gasteiger partial charge >= 0.3 is 0 Å². The predicted molar refractivity (Wildman–Crippen MR) is 78.7 cm³/mol. The van der Waals surface area contributed by atoms with E-state index in [-0.39, 0.29) is 6.04 Å². The highest BCUT2D eigenvalue weighted by Gasteiger charge is 2.17. The molecule has 1 atom stereocenters. The van der Waals surface area contributed by atoms with Gasteiger partial charge in [-0.2, -0.15) is 5.10 Å². The lowest BCUT2D eigenvalue weighted by atomic mass is 10.1. The van der Waals surface area contributed by atoms with E-state index in [1.165, 1.54) is 0 Å². The van der Waals surface area contributed by atoms with Gasteiger partial charge in [-0.1, -0.05) is 6.07 Å². The first-order chi connectivity index (χ1) is 10.2. The molecule has 2 aromatic rings. The van der Waals surface area contributed by atoms with E-state index in [9.17, 15) is 0 Å². The van der Waals surface area contributed by atoms with Crippen molar-refractivity contribution in [3.63, 3.8) is 0 Å². The Labute approximate surface area is 124 Å². The lowest BCUT2D eigenvalue weighted by Gasteiger charge is -2.22. The molecule has 0 amide bonds. The number of fused-ring (bicyclic) bond motifs is 1. The van der Waals surface area contributed by atoms with Crippen LogP contribution in [0.5, 0.6) is 11.5 Å². The van der Waals surface area contributed by atoms with Crippen LogP contribution >= 0.6 is 0 Å². The lowest BCUT2D eigenvalue weighted by Crippen LogP contribution is -2.24. The average molecular weight is 288 g/mol. The van der Waals surface area contributed by atoms with Crippen molar-refractivity contribution in [3.8, 4) is 11.5 Å².